The van der Waals surface area contributed by atoms with E-state index < -0.39 is 16.8 Å². The van der Waals surface area contributed by atoms with Crippen LogP contribution in [0.3, 0.4) is 0 Å². The molecule has 0 aliphatic carbocycles. The molecule has 0 radical (unpaired) electrons. The lowest BCUT2D eigenvalue weighted by Crippen LogP contribution is -2.48. The highest BCUT2D eigenvalue weighted by atomic mass is 35.5. The number of para-hydroxylation sites is 2. The highest BCUT2D eigenvalue weighted by Gasteiger charge is 2.37. The summed E-state index contributed by atoms with van der Waals surface area (Å²) in [5.41, 5.74) is 3.19. The Morgan fingerprint density at radius 1 is 1.03 bits per heavy atom. The molecule has 1 aliphatic heterocycles. The summed E-state index contributed by atoms with van der Waals surface area (Å²) in [5.74, 6) is -1.12. The second-order valence-corrected chi connectivity index (χ2v) is 9.02. The summed E-state index contributed by atoms with van der Waals surface area (Å²) >= 11 is 11.7. The second kappa shape index (κ2) is 9.98. The number of alkyl halides is 2. The van der Waals surface area contributed by atoms with Crippen molar-refractivity contribution in [3.63, 3.8) is 0 Å². The number of nitrogens with zero attached hydrogens (tertiary/aromatic N) is 3. The van der Waals surface area contributed by atoms with Crippen molar-refractivity contribution in [2.45, 2.75) is 30.6 Å². The smallest absolute Gasteiger partial charge is 0.256 e. The average molecular weight is 488 g/mol. The van der Waals surface area contributed by atoms with Gasteiger partial charge in [0.1, 0.15) is 18.4 Å². The Morgan fingerprint density at radius 2 is 1.73 bits per heavy atom. The lowest BCUT2D eigenvalue weighted by atomic mass is 9.97. The van der Waals surface area contributed by atoms with Crippen LogP contribution in [-0.2, 0) is 9.59 Å². The molecular formula is C25H24Cl2FN3O2. The summed E-state index contributed by atoms with van der Waals surface area (Å²) in [6.07, 6.45) is 3.51. The fourth-order valence-corrected chi connectivity index (χ4v) is 4.49. The predicted molar refractivity (Wildman–Crippen MR) is 128 cm³/mol. The molecule has 4 rings (SSSR count). The van der Waals surface area contributed by atoms with Crippen LogP contribution in [0.15, 0.2) is 66.9 Å². The number of unbranched alkanes of at least 4 members (excludes halogenated alkanes) is 1. The van der Waals surface area contributed by atoms with Crippen molar-refractivity contribution < 1.29 is 14.0 Å². The molecule has 0 bridgehead atoms. The molecule has 1 aliphatic rings. The van der Waals surface area contributed by atoms with E-state index in [2.05, 4.69) is 0 Å². The number of anilines is 1. The van der Waals surface area contributed by atoms with Gasteiger partial charge in [0.15, 0.2) is 4.84 Å². The van der Waals surface area contributed by atoms with Crippen LogP contribution in [-0.4, -0.2) is 39.2 Å². The standard InChI is InChI=1S/C25H24Cl2FN3O2/c1-2-3-14-29(25(33)24(26)27)16-22(32)31-20-8-5-4-7-19(20)30-15-6-9-21(30)23(31)17-10-12-18(28)13-11-17/h4-13,15,23-24H,2-3,14,16H2,1H3/t23-/m0/s1. The first-order valence-corrected chi connectivity index (χ1v) is 11.7. The number of fused-ring (bicyclic) bond motifs is 3. The van der Waals surface area contributed by atoms with E-state index in [1.165, 1.54) is 17.0 Å². The summed E-state index contributed by atoms with van der Waals surface area (Å²) in [6.45, 7) is 2.22. The molecule has 2 aromatic carbocycles. The molecule has 2 heterocycles. The molecule has 0 saturated carbocycles. The number of carbonyl (C=O) groups is 2. The maximum Gasteiger partial charge on any atom is 0.256 e. The van der Waals surface area contributed by atoms with Gasteiger partial charge in [-0.25, -0.2) is 4.39 Å². The zero-order chi connectivity index (χ0) is 23.5. The molecule has 0 unspecified atom stereocenters. The first kappa shape index (κ1) is 23.3. The zero-order valence-electron chi connectivity index (χ0n) is 18.1. The van der Waals surface area contributed by atoms with E-state index in [4.69, 9.17) is 23.2 Å². The maximum atomic E-state index is 13.8. The first-order valence-electron chi connectivity index (χ1n) is 10.8. The van der Waals surface area contributed by atoms with Gasteiger partial charge in [0.25, 0.3) is 5.91 Å². The van der Waals surface area contributed by atoms with Crippen molar-refractivity contribution in [2.24, 2.45) is 0 Å². The average Bonchev–Trinajstić information content (AvgIpc) is 3.31. The van der Waals surface area contributed by atoms with Crippen molar-refractivity contribution in [1.82, 2.24) is 9.47 Å². The van der Waals surface area contributed by atoms with Crippen LogP contribution in [0.25, 0.3) is 5.69 Å². The van der Waals surface area contributed by atoms with Crippen LogP contribution in [0, 0.1) is 5.82 Å². The molecule has 3 aromatic rings. The minimum Gasteiger partial charge on any atom is -0.331 e. The molecule has 5 nitrogen and oxygen atoms in total. The van der Waals surface area contributed by atoms with E-state index in [-0.39, 0.29) is 18.3 Å². The Hall–Kier alpha value is -2.83. The van der Waals surface area contributed by atoms with Crippen molar-refractivity contribution in [1.29, 1.82) is 0 Å². The Bertz CT molecular complexity index is 1150. The zero-order valence-corrected chi connectivity index (χ0v) is 19.6. The van der Waals surface area contributed by atoms with Gasteiger partial charge < -0.3 is 9.47 Å². The number of hydrogen-bond acceptors (Lipinski definition) is 2. The number of benzene rings is 2. The van der Waals surface area contributed by atoms with Crippen molar-refractivity contribution in [3.8, 4) is 5.69 Å². The molecule has 8 heteroatoms. The minimum absolute atomic E-state index is 0.165. The maximum absolute atomic E-state index is 13.8. The number of amides is 2. The van der Waals surface area contributed by atoms with E-state index in [9.17, 15) is 14.0 Å². The SMILES string of the molecule is CCCCN(CC(=O)N1c2ccccc2-n2cccc2[C@@H]1c1ccc(F)cc1)C(=O)C(Cl)Cl. The molecule has 0 spiro atoms. The van der Waals surface area contributed by atoms with Crippen LogP contribution >= 0.6 is 23.2 Å². The van der Waals surface area contributed by atoms with Gasteiger partial charge in [-0.2, -0.15) is 0 Å². The van der Waals surface area contributed by atoms with Gasteiger partial charge in [0.05, 0.1) is 17.1 Å². The highest BCUT2D eigenvalue weighted by Crippen LogP contribution is 2.42. The summed E-state index contributed by atoms with van der Waals surface area (Å²) in [6, 6.07) is 17.1. The summed E-state index contributed by atoms with van der Waals surface area (Å²) < 4.78 is 15.7. The topological polar surface area (TPSA) is 45.6 Å². The number of aromatic nitrogens is 1. The lowest BCUT2D eigenvalue weighted by Gasteiger charge is -2.39. The molecule has 2 amide bonds. The molecule has 0 N–H and O–H groups in total. The van der Waals surface area contributed by atoms with E-state index in [1.807, 2.05) is 54.1 Å². The van der Waals surface area contributed by atoms with Gasteiger partial charge in [0, 0.05) is 12.7 Å². The normalized spacial score (nSPS) is 14.7. The summed E-state index contributed by atoms with van der Waals surface area (Å²) in [4.78, 5) is 28.3. The minimum atomic E-state index is -1.24. The fourth-order valence-electron chi connectivity index (χ4n) is 4.22. The molecule has 33 heavy (non-hydrogen) atoms. The van der Waals surface area contributed by atoms with Gasteiger partial charge in [-0.3, -0.25) is 14.5 Å². The Kier molecular flexibility index (Phi) is 7.05. The van der Waals surface area contributed by atoms with Crippen molar-refractivity contribution in [2.75, 3.05) is 18.0 Å². The van der Waals surface area contributed by atoms with E-state index in [0.29, 0.717) is 12.2 Å². The molecule has 1 aromatic heterocycles. The van der Waals surface area contributed by atoms with Crippen molar-refractivity contribution in [3.05, 3.63) is 83.9 Å². The number of halogens is 3. The molecular weight excluding hydrogens is 464 g/mol. The molecule has 172 valence electrons. The first-order chi connectivity index (χ1) is 15.9. The Morgan fingerprint density at radius 3 is 2.39 bits per heavy atom. The lowest BCUT2D eigenvalue weighted by molar-refractivity contribution is -0.134. The largest absolute Gasteiger partial charge is 0.331 e. The predicted octanol–water partition coefficient (Wildman–Crippen LogP) is 5.48. The Labute approximate surface area is 202 Å². The van der Waals surface area contributed by atoms with Crippen LogP contribution in [0.5, 0.6) is 0 Å². The van der Waals surface area contributed by atoms with E-state index in [0.717, 1.165) is 29.8 Å². The van der Waals surface area contributed by atoms with E-state index >= 15 is 0 Å². The fraction of sp³-hybridized carbons (Fsp3) is 0.280. The van der Waals surface area contributed by atoms with Crippen LogP contribution in [0.4, 0.5) is 10.1 Å². The molecule has 1 atom stereocenters. The molecule has 0 fully saturated rings. The van der Waals surface area contributed by atoms with Gasteiger partial charge >= 0.3 is 0 Å². The van der Waals surface area contributed by atoms with Gasteiger partial charge in [-0.15, -0.1) is 0 Å². The van der Waals surface area contributed by atoms with Crippen LogP contribution in [0.2, 0.25) is 0 Å². The van der Waals surface area contributed by atoms with Gasteiger partial charge in [-0.05, 0) is 48.4 Å². The summed E-state index contributed by atoms with van der Waals surface area (Å²) in [7, 11) is 0. The highest BCUT2D eigenvalue weighted by molar-refractivity contribution is 6.53. The third kappa shape index (κ3) is 4.63. The van der Waals surface area contributed by atoms with Crippen LogP contribution < -0.4 is 4.90 Å². The molecule has 0 saturated heterocycles. The monoisotopic (exact) mass is 487 g/mol. The number of rotatable bonds is 7. The van der Waals surface area contributed by atoms with Gasteiger partial charge in [0.2, 0.25) is 5.91 Å². The summed E-state index contributed by atoms with van der Waals surface area (Å²) in [5, 5.41) is 0. The van der Waals surface area contributed by atoms with Crippen LogP contribution in [0.1, 0.15) is 37.1 Å². The van der Waals surface area contributed by atoms with Crippen molar-refractivity contribution >= 4 is 40.7 Å². The number of hydrogen-bond donors (Lipinski definition) is 0. The van der Waals surface area contributed by atoms with E-state index in [1.54, 1.807) is 17.0 Å². The number of carbonyl (C=O) groups excluding carboxylic acids is 2. The quantitative estimate of drug-likeness (QED) is 0.414. The van der Waals surface area contributed by atoms with Gasteiger partial charge in [-0.1, -0.05) is 60.8 Å². The second-order valence-electron chi connectivity index (χ2n) is 7.92. The third-order valence-electron chi connectivity index (χ3n) is 5.78. The Balaban J connectivity index is 1.78. The third-order valence-corrected chi connectivity index (χ3v) is 6.15.